The first-order chi connectivity index (χ1) is 19.0. The summed E-state index contributed by atoms with van der Waals surface area (Å²) >= 11 is 6.50. The summed E-state index contributed by atoms with van der Waals surface area (Å²) in [6.45, 7) is 5.14. The van der Waals surface area contributed by atoms with E-state index >= 15 is 0 Å². The molecule has 1 amide bonds. The lowest BCUT2D eigenvalue weighted by atomic mass is 10.1. The first-order valence-electron chi connectivity index (χ1n) is 12.6. The lowest BCUT2D eigenvalue weighted by molar-refractivity contribution is -0.111. The second-order valence-electron chi connectivity index (χ2n) is 9.22. The Morgan fingerprint density at radius 1 is 1.13 bits per heavy atom. The number of aromatic nitrogens is 3. The molecule has 0 aliphatic heterocycles. The van der Waals surface area contributed by atoms with Gasteiger partial charge in [0.05, 0.1) is 21.9 Å². The van der Waals surface area contributed by atoms with Crippen molar-refractivity contribution < 1.29 is 14.3 Å². The van der Waals surface area contributed by atoms with E-state index in [1.165, 1.54) is 25.2 Å². The van der Waals surface area contributed by atoms with Crippen LogP contribution in [0.1, 0.15) is 18.5 Å². The van der Waals surface area contributed by atoms with E-state index in [0.29, 0.717) is 63.9 Å². The minimum atomic E-state index is -0.339. The van der Waals surface area contributed by atoms with Gasteiger partial charge in [0.15, 0.2) is 0 Å². The van der Waals surface area contributed by atoms with Gasteiger partial charge < -0.3 is 25.0 Å². The van der Waals surface area contributed by atoms with Crippen LogP contribution in [-0.2, 0) is 11.4 Å². The molecule has 2 heterocycles. The van der Waals surface area contributed by atoms with Crippen LogP contribution in [0.2, 0.25) is 5.02 Å². The van der Waals surface area contributed by atoms with Crippen LogP contribution in [0, 0.1) is 0 Å². The zero-order valence-corrected chi connectivity index (χ0v) is 22.3. The summed E-state index contributed by atoms with van der Waals surface area (Å²) in [5, 5.41) is 7.28. The van der Waals surface area contributed by atoms with Gasteiger partial charge in [-0.2, -0.15) is 0 Å². The Hall–Kier alpha value is -4.21. The predicted octanol–water partition coefficient (Wildman–Crippen LogP) is 5.60. The van der Waals surface area contributed by atoms with E-state index in [0.717, 1.165) is 12.2 Å². The van der Waals surface area contributed by atoms with E-state index in [2.05, 4.69) is 44.1 Å². The van der Waals surface area contributed by atoms with Crippen LogP contribution in [0.15, 0.2) is 73.7 Å². The van der Waals surface area contributed by atoms with E-state index in [-0.39, 0.29) is 5.91 Å². The summed E-state index contributed by atoms with van der Waals surface area (Å²) < 4.78 is 11.9. The average molecular weight is 545 g/mol. The number of carbonyl (C=O) groups excluding carboxylic acids is 1. The number of halogens is 1. The largest absolute Gasteiger partial charge is 0.490 e. The van der Waals surface area contributed by atoms with Crippen LogP contribution < -0.4 is 20.1 Å². The summed E-state index contributed by atoms with van der Waals surface area (Å²) in [7, 11) is 2.10. The molecule has 0 spiro atoms. The number of amides is 1. The van der Waals surface area contributed by atoms with Crippen LogP contribution in [0.3, 0.4) is 0 Å². The third-order valence-electron chi connectivity index (χ3n) is 6.35. The van der Waals surface area contributed by atoms with Crippen LogP contribution in [0.5, 0.6) is 11.5 Å². The molecule has 200 valence electrons. The van der Waals surface area contributed by atoms with Crippen molar-refractivity contribution in [2.24, 2.45) is 0 Å². The van der Waals surface area contributed by atoms with Gasteiger partial charge in [-0.1, -0.05) is 24.2 Å². The van der Waals surface area contributed by atoms with Gasteiger partial charge >= 0.3 is 0 Å². The maximum absolute atomic E-state index is 12.2. The molecule has 5 rings (SSSR count). The Labute approximate surface area is 231 Å². The number of anilines is 3. The molecule has 0 unspecified atom stereocenters. The third-order valence-corrected chi connectivity index (χ3v) is 6.64. The van der Waals surface area contributed by atoms with Gasteiger partial charge in [-0.25, -0.2) is 9.97 Å². The minimum absolute atomic E-state index is 0.310. The Morgan fingerprint density at radius 2 is 2.00 bits per heavy atom. The molecule has 0 saturated heterocycles. The smallest absolute Gasteiger partial charge is 0.247 e. The van der Waals surface area contributed by atoms with Crippen molar-refractivity contribution in [1.82, 2.24) is 19.9 Å². The Kier molecular flexibility index (Phi) is 8.19. The maximum Gasteiger partial charge on any atom is 0.247 e. The number of carbonyl (C=O) groups is 1. The Morgan fingerprint density at radius 3 is 2.74 bits per heavy atom. The van der Waals surface area contributed by atoms with E-state index in [1.807, 2.05) is 24.3 Å². The monoisotopic (exact) mass is 544 g/mol. The summed E-state index contributed by atoms with van der Waals surface area (Å²) in [5.74, 6) is 1.29. The number of hydrogen-bond acceptors (Lipinski definition) is 8. The highest BCUT2D eigenvalue weighted by Crippen LogP contribution is 2.35. The lowest BCUT2D eigenvalue weighted by Crippen LogP contribution is -2.26. The second kappa shape index (κ2) is 12.1. The quantitative estimate of drug-likeness (QED) is 0.222. The molecular weight excluding hydrogens is 516 g/mol. The fourth-order valence-electron chi connectivity index (χ4n) is 4.05. The topological polar surface area (TPSA) is 102 Å². The number of nitrogens with one attached hydrogen (secondary N) is 2. The first kappa shape index (κ1) is 26.4. The highest BCUT2D eigenvalue weighted by atomic mass is 35.5. The molecule has 39 heavy (non-hydrogen) atoms. The molecule has 4 aromatic rings. The summed E-state index contributed by atoms with van der Waals surface area (Å²) in [5.41, 5.74) is 2.69. The van der Waals surface area contributed by atoms with Crippen LogP contribution >= 0.6 is 11.6 Å². The number of hydrogen-bond donors (Lipinski definition) is 2. The number of fused-ring (bicyclic) bond motifs is 1. The summed E-state index contributed by atoms with van der Waals surface area (Å²) in [4.78, 5) is 27.6. The van der Waals surface area contributed by atoms with E-state index in [9.17, 15) is 4.79 Å². The molecule has 9 nitrogen and oxygen atoms in total. The molecule has 2 aromatic heterocycles. The van der Waals surface area contributed by atoms with Crippen LogP contribution in [0.4, 0.5) is 17.2 Å². The molecule has 10 heteroatoms. The highest BCUT2D eigenvalue weighted by Gasteiger charge is 2.25. The van der Waals surface area contributed by atoms with Crippen molar-refractivity contribution in [2.45, 2.75) is 25.5 Å². The molecule has 2 aromatic carbocycles. The number of benzene rings is 2. The highest BCUT2D eigenvalue weighted by molar-refractivity contribution is 6.32. The molecule has 1 saturated carbocycles. The van der Waals surface area contributed by atoms with Gasteiger partial charge in [0.1, 0.15) is 36.9 Å². The average Bonchev–Trinajstić information content (AvgIpc) is 3.79. The SMILES string of the molecule is C=CC(=O)Nc1cc2c(Nc3ccc(OCc4ccccn4)c(Cl)c3)ncnc2cc1OCCN(C)C1CC1. The van der Waals surface area contributed by atoms with Gasteiger partial charge in [-0.15, -0.1) is 0 Å². The summed E-state index contributed by atoms with van der Waals surface area (Å²) in [6, 6.07) is 15.3. The van der Waals surface area contributed by atoms with Gasteiger partial charge in [0, 0.05) is 35.9 Å². The molecular formula is C29H29ClN6O3. The molecule has 0 radical (unpaired) electrons. The fraction of sp³-hybridized carbons (Fsp3) is 0.241. The van der Waals surface area contributed by atoms with Crippen molar-refractivity contribution in [2.75, 3.05) is 30.8 Å². The van der Waals surface area contributed by atoms with Crippen molar-refractivity contribution >= 4 is 45.6 Å². The zero-order valence-electron chi connectivity index (χ0n) is 21.6. The van der Waals surface area contributed by atoms with Crippen molar-refractivity contribution in [3.05, 3.63) is 84.4 Å². The molecule has 0 atom stereocenters. The molecule has 0 bridgehead atoms. The van der Waals surface area contributed by atoms with Crippen LogP contribution in [-0.4, -0.2) is 52.0 Å². The van der Waals surface area contributed by atoms with Gasteiger partial charge in [0.2, 0.25) is 5.91 Å². The molecule has 2 N–H and O–H groups in total. The van der Waals surface area contributed by atoms with Crippen molar-refractivity contribution in [3.8, 4) is 11.5 Å². The van der Waals surface area contributed by atoms with Gasteiger partial charge in [-0.05, 0) is 62.4 Å². The minimum Gasteiger partial charge on any atom is -0.490 e. The van der Waals surface area contributed by atoms with E-state index in [4.69, 9.17) is 21.1 Å². The normalized spacial score (nSPS) is 12.8. The maximum atomic E-state index is 12.2. The number of ether oxygens (including phenoxy) is 2. The zero-order chi connectivity index (χ0) is 27.2. The van der Waals surface area contributed by atoms with Gasteiger partial charge in [0.25, 0.3) is 0 Å². The Balaban J connectivity index is 1.35. The predicted molar refractivity (Wildman–Crippen MR) is 153 cm³/mol. The number of pyridine rings is 1. The number of nitrogens with zero attached hydrogens (tertiary/aromatic N) is 4. The van der Waals surface area contributed by atoms with E-state index in [1.54, 1.807) is 30.5 Å². The molecule has 1 aliphatic carbocycles. The Bertz CT molecular complexity index is 1480. The summed E-state index contributed by atoms with van der Waals surface area (Å²) in [6.07, 6.45) is 6.87. The second-order valence-corrected chi connectivity index (χ2v) is 9.63. The number of likely N-dealkylation sites (N-methyl/N-ethyl adjacent to an activating group) is 1. The van der Waals surface area contributed by atoms with Crippen molar-refractivity contribution in [1.29, 1.82) is 0 Å². The fourth-order valence-corrected chi connectivity index (χ4v) is 4.28. The molecule has 1 fully saturated rings. The third kappa shape index (κ3) is 6.81. The van der Waals surface area contributed by atoms with E-state index < -0.39 is 0 Å². The van der Waals surface area contributed by atoms with Crippen LogP contribution in [0.25, 0.3) is 10.9 Å². The standard InChI is InChI=1S/C29H29ClN6O3/c1-3-28(37)35-25-15-22-24(16-27(25)38-13-12-36(2)21-8-9-21)32-18-33-29(22)34-19-7-10-26(23(30)14-19)39-17-20-6-4-5-11-31-20/h3-7,10-11,14-16,18,21H,1,8-9,12-13,17H2,2H3,(H,35,37)(H,32,33,34). The molecule has 1 aliphatic rings. The first-order valence-corrected chi connectivity index (χ1v) is 13.0. The number of rotatable bonds is 12. The van der Waals surface area contributed by atoms with Gasteiger partial charge in [-0.3, -0.25) is 9.78 Å². The van der Waals surface area contributed by atoms with Crippen molar-refractivity contribution in [3.63, 3.8) is 0 Å². The lowest BCUT2D eigenvalue weighted by Gasteiger charge is -2.18.